The van der Waals surface area contributed by atoms with Crippen LogP contribution in [0.5, 0.6) is 28.7 Å². The quantitative estimate of drug-likeness (QED) is 0.842. The average Bonchev–Trinajstić information content (AvgIpc) is 2.59. The summed E-state index contributed by atoms with van der Waals surface area (Å²) < 4.78 is 17.2. The number of carbonyl (C=O) groups excluding carboxylic acids is 1. The molecule has 27 heavy (non-hydrogen) atoms. The van der Waals surface area contributed by atoms with Crippen molar-refractivity contribution in [2.75, 3.05) is 13.7 Å². The number of ketones is 1. The van der Waals surface area contributed by atoms with Gasteiger partial charge in [0, 0.05) is 17.7 Å². The van der Waals surface area contributed by atoms with Crippen molar-refractivity contribution in [1.82, 2.24) is 0 Å². The number of methoxy groups -OCH3 is 1. The van der Waals surface area contributed by atoms with E-state index in [1.165, 1.54) is 6.07 Å². The van der Waals surface area contributed by atoms with Crippen LogP contribution in [0, 0.1) is 0 Å². The van der Waals surface area contributed by atoms with Gasteiger partial charge < -0.3 is 24.4 Å². The lowest BCUT2D eigenvalue weighted by Crippen LogP contribution is -2.29. The molecule has 0 aromatic heterocycles. The molecule has 2 aromatic rings. The van der Waals surface area contributed by atoms with Gasteiger partial charge in [-0.15, -0.1) is 0 Å². The molecule has 0 fully saturated rings. The molecule has 140 valence electrons. The number of phenolic OH excluding ortho intramolecular Hbond substituents is 2. The lowest BCUT2D eigenvalue weighted by atomic mass is 9.86. The number of ether oxygens (including phenoxy) is 3. The Labute approximate surface area is 156 Å². The van der Waals surface area contributed by atoms with Gasteiger partial charge in [-0.05, 0) is 32.1 Å². The minimum atomic E-state index is -0.642. The van der Waals surface area contributed by atoms with Crippen molar-refractivity contribution in [3.05, 3.63) is 47.0 Å². The van der Waals surface area contributed by atoms with Crippen LogP contribution in [0.25, 0.3) is 6.08 Å². The number of carbonyl (C=O) groups is 1. The number of hydrogen-bond donors (Lipinski definition) is 2. The second-order valence-corrected chi connectivity index (χ2v) is 7.20. The number of benzene rings is 2. The van der Waals surface area contributed by atoms with Crippen LogP contribution in [0.1, 0.15) is 41.3 Å². The molecule has 0 amide bonds. The Morgan fingerprint density at radius 1 is 1.19 bits per heavy atom. The van der Waals surface area contributed by atoms with Crippen LogP contribution in [-0.4, -0.2) is 35.3 Å². The van der Waals surface area contributed by atoms with Crippen LogP contribution in [0.2, 0.25) is 0 Å². The highest BCUT2D eigenvalue weighted by molar-refractivity contribution is 6.07. The van der Waals surface area contributed by atoms with Crippen molar-refractivity contribution in [2.45, 2.75) is 25.4 Å². The third-order valence-corrected chi connectivity index (χ3v) is 4.82. The summed E-state index contributed by atoms with van der Waals surface area (Å²) in [5, 5.41) is 19.7. The highest BCUT2D eigenvalue weighted by Gasteiger charge is 2.36. The van der Waals surface area contributed by atoms with E-state index in [0.29, 0.717) is 17.1 Å². The van der Waals surface area contributed by atoms with Gasteiger partial charge in [-0.2, -0.15) is 0 Å². The van der Waals surface area contributed by atoms with Gasteiger partial charge in [-0.3, -0.25) is 4.79 Å². The van der Waals surface area contributed by atoms with Crippen LogP contribution in [0.3, 0.4) is 0 Å². The Hall–Kier alpha value is -3.15. The molecule has 6 heteroatoms. The number of hydrogen-bond acceptors (Lipinski definition) is 6. The number of fused-ring (bicyclic) bond motifs is 2. The summed E-state index contributed by atoms with van der Waals surface area (Å²) in [4.78, 5) is 13.1. The van der Waals surface area contributed by atoms with Crippen molar-refractivity contribution in [1.29, 1.82) is 0 Å². The summed E-state index contributed by atoms with van der Waals surface area (Å²) in [6.07, 6.45) is 3.86. The summed E-state index contributed by atoms with van der Waals surface area (Å²) in [5.41, 5.74) is 1.07. The number of rotatable bonds is 2. The largest absolute Gasteiger partial charge is 0.508 e. The molecule has 0 unspecified atom stereocenters. The highest BCUT2D eigenvalue weighted by atomic mass is 16.5. The first kappa shape index (κ1) is 17.3. The van der Waals surface area contributed by atoms with Crippen LogP contribution in [0.15, 0.2) is 30.3 Å². The molecule has 2 N–H and O–H groups in total. The van der Waals surface area contributed by atoms with Gasteiger partial charge in [0.05, 0.1) is 18.6 Å². The van der Waals surface area contributed by atoms with Crippen LogP contribution in [0.4, 0.5) is 0 Å². The molecule has 0 saturated carbocycles. The van der Waals surface area contributed by atoms with E-state index in [0.717, 1.165) is 11.6 Å². The van der Waals surface area contributed by atoms with E-state index in [2.05, 4.69) is 0 Å². The van der Waals surface area contributed by atoms with E-state index in [-0.39, 0.29) is 35.2 Å². The van der Waals surface area contributed by atoms with Crippen molar-refractivity contribution in [3.8, 4) is 28.7 Å². The fourth-order valence-corrected chi connectivity index (χ4v) is 3.55. The first-order valence-corrected chi connectivity index (χ1v) is 8.63. The monoisotopic (exact) mass is 368 g/mol. The van der Waals surface area contributed by atoms with E-state index in [1.807, 2.05) is 32.1 Å². The molecule has 0 aliphatic carbocycles. The number of phenols is 2. The summed E-state index contributed by atoms with van der Waals surface area (Å²) in [5.74, 6) is 0.0129. The molecule has 2 aliphatic heterocycles. The molecule has 0 radical (unpaired) electrons. The van der Waals surface area contributed by atoms with Crippen LogP contribution in [-0.2, 0) is 0 Å². The van der Waals surface area contributed by atoms with E-state index in [1.54, 1.807) is 13.2 Å². The molecule has 0 bridgehead atoms. The third kappa shape index (κ3) is 2.77. The number of aromatic hydroxyl groups is 2. The molecule has 2 aliphatic rings. The zero-order valence-electron chi connectivity index (χ0n) is 15.3. The molecule has 6 nitrogen and oxygen atoms in total. The Kier molecular flexibility index (Phi) is 3.80. The minimum Gasteiger partial charge on any atom is -0.508 e. The zero-order chi connectivity index (χ0) is 19.3. The standard InChI is InChI=1S/C21H20O6/c1-21(2)7-6-13-16(27-21)5-4-12(20(13)25-3)14-10-26-17-9-11(22)8-15(23)18(17)19(14)24/h4-9,14,22-23H,10H2,1-3H3/t14-/m0/s1. The minimum absolute atomic E-state index is 0.0664. The third-order valence-electron chi connectivity index (χ3n) is 4.82. The smallest absolute Gasteiger partial charge is 0.181 e. The predicted octanol–water partition coefficient (Wildman–Crippen LogP) is 3.65. The van der Waals surface area contributed by atoms with E-state index in [4.69, 9.17) is 14.2 Å². The van der Waals surface area contributed by atoms with E-state index < -0.39 is 11.5 Å². The van der Waals surface area contributed by atoms with E-state index >= 15 is 0 Å². The van der Waals surface area contributed by atoms with E-state index in [9.17, 15) is 15.0 Å². The SMILES string of the molecule is COc1c([C@@H]2COc3cc(O)cc(O)c3C2=O)ccc2c1C=CC(C)(C)O2. The van der Waals surface area contributed by atoms with Gasteiger partial charge in [0.25, 0.3) is 0 Å². The Balaban J connectivity index is 1.80. The summed E-state index contributed by atoms with van der Waals surface area (Å²) in [7, 11) is 1.55. The fraction of sp³-hybridized carbons (Fsp3) is 0.286. The second-order valence-electron chi connectivity index (χ2n) is 7.20. The predicted molar refractivity (Wildman–Crippen MR) is 99.1 cm³/mol. The lowest BCUT2D eigenvalue weighted by Gasteiger charge is -2.31. The van der Waals surface area contributed by atoms with Crippen LogP contribution >= 0.6 is 0 Å². The van der Waals surface area contributed by atoms with Gasteiger partial charge >= 0.3 is 0 Å². The maximum atomic E-state index is 13.1. The van der Waals surface area contributed by atoms with Crippen LogP contribution < -0.4 is 14.2 Å². The summed E-state index contributed by atoms with van der Waals surface area (Å²) in [6, 6.07) is 6.07. The Morgan fingerprint density at radius 2 is 1.96 bits per heavy atom. The molecule has 2 heterocycles. The topological polar surface area (TPSA) is 85.2 Å². The number of Topliss-reactive ketones (excluding diaryl/α,β-unsaturated/α-hetero) is 1. The van der Waals surface area contributed by atoms with Gasteiger partial charge in [0.1, 0.15) is 46.5 Å². The fourth-order valence-electron chi connectivity index (χ4n) is 3.55. The molecule has 0 spiro atoms. The summed E-state index contributed by atoms with van der Waals surface area (Å²) in [6.45, 7) is 4.00. The zero-order valence-corrected chi connectivity index (χ0v) is 15.3. The first-order valence-electron chi connectivity index (χ1n) is 8.63. The Morgan fingerprint density at radius 3 is 2.70 bits per heavy atom. The maximum Gasteiger partial charge on any atom is 0.181 e. The maximum absolute atomic E-state index is 13.1. The Bertz CT molecular complexity index is 973. The van der Waals surface area contributed by atoms with Crippen molar-refractivity contribution in [3.63, 3.8) is 0 Å². The highest BCUT2D eigenvalue weighted by Crippen LogP contribution is 2.45. The molecule has 1 atom stereocenters. The molecule has 0 saturated heterocycles. The van der Waals surface area contributed by atoms with Gasteiger partial charge in [0.15, 0.2) is 5.78 Å². The van der Waals surface area contributed by atoms with Gasteiger partial charge in [-0.1, -0.05) is 6.07 Å². The molecular formula is C21H20O6. The molecule has 2 aromatic carbocycles. The lowest BCUT2D eigenvalue weighted by molar-refractivity contribution is 0.0889. The van der Waals surface area contributed by atoms with Gasteiger partial charge in [-0.25, -0.2) is 0 Å². The molecule has 4 rings (SSSR count). The van der Waals surface area contributed by atoms with Crippen molar-refractivity contribution >= 4 is 11.9 Å². The normalized spacial score (nSPS) is 19.5. The van der Waals surface area contributed by atoms with Crippen molar-refractivity contribution in [2.24, 2.45) is 0 Å². The van der Waals surface area contributed by atoms with Gasteiger partial charge in [0.2, 0.25) is 0 Å². The van der Waals surface area contributed by atoms with Crippen molar-refractivity contribution < 1.29 is 29.2 Å². The molecular weight excluding hydrogens is 348 g/mol. The average molecular weight is 368 g/mol. The summed E-state index contributed by atoms with van der Waals surface area (Å²) >= 11 is 0. The second kappa shape index (κ2) is 5.94. The first-order chi connectivity index (χ1) is 12.8.